The maximum atomic E-state index is 8.88. The predicted molar refractivity (Wildman–Crippen MR) is 49.9 cm³/mol. The highest BCUT2D eigenvalue weighted by Crippen LogP contribution is 2.25. The van der Waals surface area contributed by atoms with E-state index in [9.17, 15) is 0 Å². The second-order valence-corrected chi connectivity index (χ2v) is 2.33. The van der Waals surface area contributed by atoms with Gasteiger partial charge in [-0.2, -0.15) is 10.2 Å². The molecule has 0 aliphatic carbocycles. The Kier molecular flexibility index (Phi) is 18.6. The van der Waals surface area contributed by atoms with E-state index in [4.69, 9.17) is 30.3 Å². The van der Waals surface area contributed by atoms with Crippen LogP contribution in [0.5, 0.6) is 0 Å². The van der Waals surface area contributed by atoms with Gasteiger partial charge < -0.3 is 26.4 Å². The highest BCUT2D eigenvalue weighted by molar-refractivity contribution is 7.45. The molecule has 0 saturated carbocycles. The second-order valence-electron chi connectivity index (χ2n) is 1.30. The summed E-state index contributed by atoms with van der Waals surface area (Å²) in [6.45, 7) is 0. The first kappa shape index (κ1) is 18.9. The number of rotatable bonds is 2. The van der Waals surface area contributed by atoms with E-state index in [1.165, 1.54) is 0 Å². The number of nitrogens with one attached hydrogen (secondary N) is 2. The molecule has 0 bridgehead atoms. The van der Waals surface area contributed by atoms with Crippen LogP contribution in [-0.2, 0) is 4.57 Å². The number of hydrogen-bond donors (Lipinski definition) is 7. The van der Waals surface area contributed by atoms with Crippen LogP contribution in [0.2, 0.25) is 0 Å². The molecule has 0 atom stereocenters. The molecule has 0 saturated heterocycles. The van der Waals surface area contributed by atoms with Crippen LogP contribution in [0.15, 0.2) is 20.4 Å². The minimum Gasteiger partial charge on any atom is -0.322 e. The fourth-order valence-corrected chi connectivity index (χ4v) is 0.0667. The SMILES string of the molecule is N=NC=NN.N=NC=NN.O=P(O)(O)O. The maximum absolute atomic E-state index is 8.88. The summed E-state index contributed by atoms with van der Waals surface area (Å²) >= 11 is 0. The molecule has 0 aliphatic heterocycles. The molecule has 9 N–H and O–H groups in total. The zero-order valence-electron chi connectivity index (χ0n) is 7.30. The van der Waals surface area contributed by atoms with E-state index in [1.54, 1.807) is 0 Å². The van der Waals surface area contributed by atoms with Gasteiger partial charge >= 0.3 is 7.82 Å². The van der Waals surface area contributed by atoms with Crippen molar-refractivity contribution in [2.24, 2.45) is 32.1 Å². The van der Waals surface area contributed by atoms with Gasteiger partial charge in [-0.25, -0.2) is 15.6 Å². The molecule has 13 heteroatoms. The van der Waals surface area contributed by atoms with Gasteiger partial charge in [-0.05, 0) is 0 Å². The molecule has 0 aromatic heterocycles. The van der Waals surface area contributed by atoms with Gasteiger partial charge in [0.05, 0.1) is 0 Å². The molecule has 0 spiro atoms. The van der Waals surface area contributed by atoms with Crippen molar-refractivity contribution < 1.29 is 19.2 Å². The Morgan fingerprint density at radius 1 is 1.00 bits per heavy atom. The smallest absolute Gasteiger partial charge is 0.322 e. The third kappa shape index (κ3) is 254. The van der Waals surface area contributed by atoms with Crippen LogP contribution in [0.1, 0.15) is 0 Å². The number of hydrazone groups is 2. The summed E-state index contributed by atoms with van der Waals surface area (Å²) in [5.74, 6) is 8.99. The number of phosphoric acid groups is 1. The molecular weight excluding hydrogens is 231 g/mol. The van der Waals surface area contributed by atoms with Crippen molar-refractivity contribution in [3.05, 3.63) is 0 Å². The van der Waals surface area contributed by atoms with Crippen LogP contribution in [0.3, 0.4) is 0 Å². The largest absolute Gasteiger partial charge is 0.466 e. The van der Waals surface area contributed by atoms with Gasteiger partial charge in [-0.1, -0.05) is 0 Å². The Morgan fingerprint density at radius 2 is 1.20 bits per heavy atom. The summed E-state index contributed by atoms with van der Waals surface area (Å²) in [6.07, 6.45) is 1.89. The van der Waals surface area contributed by atoms with E-state index in [0.29, 0.717) is 0 Å². The molecule has 0 heterocycles. The van der Waals surface area contributed by atoms with Crippen molar-refractivity contribution >= 4 is 20.5 Å². The average molecular weight is 242 g/mol. The van der Waals surface area contributed by atoms with Crippen LogP contribution >= 0.6 is 7.82 Å². The van der Waals surface area contributed by atoms with E-state index in [-0.39, 0.29) is 0 Å². The second kappa shape index (κ2) is 14.8. The summed E-state index contributed by atoms with van der Waals surface area (Å²) in [5, 5.41) is 11.1. The Hall–Kier alpha value is -1.75. The standard InChI is InChI=1S/2CH4N4.H3O4P/c2*2-4-1-5-3;1-5(2,3)4/h2*1-2H,3H2;(H3,1,2,3,4). The molecular formula is C2H11N8O4P. The topological polar surface area (TPSA) is 227 Å². The van der Waals surface area contributed by atoms with Gasteiger partial charge in [-0.3, -0.25) is 0 Å². The van der Waals surface area contributed by atoms with Crippen molar-refractivity contribution in [1.82, 2.24) is 0 Å². The Balaban J connectivity index is -0.000000144. The van der Waals surface area contributed by atoms with Gasteiger partial charge in [0.25, 0.3) is 0 Å². The molecule has 88 valence electrons. The van der Waals surface area contributed by atoms with E-state index >= 15 is 0 Å². The third-order valence-corrected chi connectivity index (χ3v) is 0.249. The van der Waals surface area contributed by atoms with E-state index in [0.717, 1.165) is 12.7 Å². The zero-order valence-corrected chi connectivity index (χ0v) is 8.19. The lowest BCUT2D eigenvalue weighted by molar-refractivity contribution is 0.275. The first-order valence-electron chi connectivity index (χ1n) is 2.78. The first-order valence-corrected chi connectivity index (χ1v) is 4.34. The van der Waals surface area contributed by atoms with Gasteiger partial charge in [0.2, 0.25) is 0 Å². The molecule has 0 aliphatic rings. The van der Waals surface area contributed by atoms with Gasteiger partial charge in [0.1, 0.15) is 0 Å². The van der Waals surface area contributed by atoms with Crippen molar-refractivity contribution in [3.8, 4) is 0 Å². The van der Waals surface area contributed by atoms with E-state index in [2.05, 4.69) is 32.1 Å². The fourth-order valence-electron chi connectivity index (χ4n) is 0.0667. The summed E-state index contributed by atoms with van der Waals surface area (Å²) in [4.78, 5) is 21.6. The summed E-state index contributed by atoms with van der Waals surface area (Å²) < 4.78 is 8.88. The predicted octanol–water partition coefficient (Wildman–Crippen LogP) is -1.09. The third-order valence-electron chi connectivity index (χ3n) is 0.249. The van der Waals surface area contributed by atoms with Gasteiger partial charge in [-0.15, -0.1) is 10.2 Å². The van der Waals surface area contributed by atoms with E-state index < -0.39 is 7.82 Å². The Morgan fingerprint density at radius 3 is 1.20 bits per heavy atom. The van der Waals surface area contributed by atoms with Crippen molar-refractivity contribution in [1.29, 1.82) is 11.1 Å². The molecule has 0 rings (SSSR count). The normalized spacial score (nSPS) is 9.80. The number of nitrogens with two attached hydrogens (primary N) is 2. The number of nitrogens with zero attached hydrogens (tertiary/aromatic N) is 4. The first-order chi connectivity index (χ1) is 6.83. The summed E-state index contributed by atoms with van der Waals surface area (Å²) in [7, 11) is -4.64. The van der Waals surface area contributed by atoms with Crippen LogP contribution in [-0.4, -0.2) is 27.4 Å². The van der Waals surface area contributed by atoms with Crippen molar-refractivity contribution in [2.75, 3.05) is 0 Å². The van der Waals surface area contributed by atoms with Crippen LogP contribution in [0.4, 0.5) is 0 Å². The Labute approximate surface area is 83.9 Å². The Bertz CT molecular complexity index is 221. The minimum absolute atomic E-state index is 0.944. The lowest BCUT2D eigenvalue weighted by Gasteiger charge is -1.82. The number of hydrogen-bond acceptors (Lipinski definition) is 7. The molecule has 12 nitrogen and oxygen atoms in total. The highest BCUT2D eigenvalue weighted by Gasteiger charge is 2.00. The van der Waals surface area contributed by atoms with Crippen LogP contribution in [0, 0.1) is 11.1 Å². The summed E-state index contributed by atoms with van der Waals surface area (Å²) in [6, 6.07) is 0. The monoisotopic (exact) mass is 242 g/mol. The molecule has 0 aromatic carbocycles. The van der Waals surface area contributed by atoms with Gasteiger partial charge in [0.15, 0.2) is 12.7 Å². The molecule has 0 unspecified atom stereocenters. The lowest BCUT2D eigenvalue weighted by Crippen LogP contribution is -1.75. The highest BCUT2D eigenvalue weighted by atomic mass is 31.2. The molecule has 0 radical (unpaired) electrons. The average Bonchev–Trinajstić information content (AvgIpc) is 2.05. The van der Waals surface area contributed by atoms with Crippen LogP contribution in [0.25, 0.3) is 0 Å². The molecule has 0 aromatic rings. The maximum Gasteiger partial charge on any atom is 0.466 e. The molecule has 15 heavy (non-hydrogen) atoms. The van der Waals surface area contributed by atoms with Crippen molar-refractivity contribution in [2.45, 2.75) is 0 Å². The van der Waals surface area contributed by atoms with Crippen LogP contribution < -0.4 is 11.7 Å². The lowest BCUT2D eigenvalue weighted by atomic mass is 11.4. The molecule has 0 amide bonds. The quantitative estimate of drug-likeness (QED) is 0.0793. The zero-order chi connectivity index (χ0) is 12.7. The van der Waals surface area contributed by atoms with E-state index in [1.807, 2.05) is 0 Å². The minimum atomic E-state index is -4.64. The van der Waals surface area contributed by atoms with Gasteiger partial charge in [0, 0.05) is 0 Å². The van der Waals surface area contributed by atoms with Crippen molar-refractivity contribution in [3.63, 3.8) is 0 Å². The summed E-state index contributed by atoms with van der Waals surface area (Å²) in [5.41, 5.74) is 12.0. The molecule has 0 fully saturated rings. The fraction of sp³-hybridized carbons (Fsp3) is 0.